The van der Waals surface area contributed by atoms with Crippen molar-refractivity contribution in [2.75, 3.05) is 0 Å². The number of nitrogens with zero attached hydrogens (tertiary/aromatic N) is 3. The Bertz CT molecular complexity index is 2280. The highest BCUT2D eigenvalue weighted by molar-refractivity contribution is 5.83. The van der Waals surface area contributed by atoms with Crippen LogP contribution in [0.3, 0.4) is 0 Å². The molecule has 3 heteroatoms. The normalized spacial score (nSPS) is 12.9. The molecule has 0 amide bonds. The molecular weight excluding hydrogens is 571 g/mol. The number of benzene rings is 6. The lowest BCUT2D eigenvalue weighted by Crippen LogP contribution is -2.15. The molecule has 0 atom stereocenters. The quantitative estimate of drug-likeness (QED) is 0.196. The molecule has 0 unspecified atom stereocenters. The highest BCUT2D eigenvalue weighted by Crippen LogP contribution is 2.49. The molecule has 7 aromatic rings. The van der Waals surface area contributed by atoms with Gasteiger partial charge < -0.3 is 0 Å². The summed E-state index contributed by atoms with van der Waals surface area (Å²) in [5, 5.41) is 0. The van der Waals surface area contributed by atoms with Crippen molar-refractivity contribution >= 4 is 0 Å². The molecule has 0 saturated heterocycles. The Balaban J connectivity index is 1.26. The summed E-state index contributed by atoms with van der Waals surface area (Å²) in [5.74, 6) is 2.00. The van der Waals surface area contributed by atoms with Gasteiger partial charge in [-0.25, -0.2) is 15.0 Å². The molecule has 0 saturated carbocycles. The Morgan fingerprint density at radius 3 is 1.51 bits per heavy atom. The second kappa shape index (κ2) is 11.3. The Morgan fingerprint density at radius 2 is 0.830 bits per heavy atom. The fourth-order valence-corrected chi connectivity index (χ4v) is 7.03. The average molecular weight is 606 g/mol. The molecule has 0 bridgehead atoms. The Morgan fingerprint density at radius 1 is 0.362 bits per heavy atom. The van der Waals surface area contributed by atoms with Crippen molar-refractivity contribution in [2.45, 2.75) is 33.1 Å². The summed E-state index contributed by atoms with van der Waals surface area (Å²) in [5.41, 5.74) is 15.3. The molecule has 6 aromatic carbocycles. The molecule has 1 aliphatic rings. The van der Waals surface area contributed by atoms with Crippen LogP contribution in [0, 0.1) is 13.8 Å². The first-order chi connectivity index (χ1) is 22.9. The van der Waals surface area contributed by atoms with Gasteiger partial charge in [-0.1, -0.05) is 141 Å². The maximum absolute atomic E-state index is 5.13. The van der Waals surface area contributed by atoms with Gasteiger partial charge in [-0.3, -0.25) is 0 Å². The zero-order chi connectivity index (χ0) is 32.1. The molecular formula is C44H35N3. The van der Waals surface area contributed by atoms with Crippen LogP contribution in [-0.2, 0) is 5.41 Å². The van der Waals surface area contributed by atoms with Crippen LogP contribution in [0.4, 0.5) is 0 Å². The molecule has 1 aliphatic carbocycles. The fraction of sp³-hybridized carbons (Fsp3) is 0.114. The molecule has 3 nitrogen and oxygen atoms in total. The predicted molar refractivity (Wildman–Crippen MR) is 194 cm³/mol. The monoisotopic (exact) mass is 605 g/mol. The number of rotatable bonds is 5. The molecule has 0 radical (unpaired) electrons. The molecule has 0 fully saturated rings. The van der Waals surface area contributed by atoms with E-state index in [-0.39, 0.29) is 5.41 Å². The Labute approximate surface area is 276 Å². The number of aromatic nitrogens is 3. The Kier molecular flexibility index (Phi) is 6.91. The molecule has 1 heterocycles. The first-order valence-corrected chi connectivity index (χ1v) is 16.2. The molecule has 47 heavy (non-hydrogen) atoms. The van der Waals surface area contributed by atoms with Crippen LogP contribution in [0.5, 0.6) is 0 Å². The minimum atomic E-state index is -0.115. The van der Waals surface area contributed by atoms with E-state index < -0.39 is 0 Å². The molecule has 0 aliphatic heterocycles. The van der Waals surface area contributed by atoms with Crippen LogP contribution in [-0.4, -0.2) is 15.0 Å². The lowest BCUT2D eigenvalue weighted by atomic mass is 9.82. The van der Waals surface area contributed by atoms with Crippen molar-refractivity contribution in [3.8, 4) is 67.5 Å². The summed E-state index contributed by atoms with van der Waals surface area (Å²) >= 11 is 0. The van der Waals surface area contributed by atoms with Gasteiger partial charge in [0.2, 0.25) is 0 Å². The number of fused-ring (bicyclic) bond motifs is 3. The van der Waals surface area contributed by atoms with Crippen molar-refractivity contribution < 1.29 is 0 Å². The maximum Gasteiger partial charge on any atom is 0.164 e. The average Bonchev–Trinajstić information content (AvgIpc) is 3.34. The minimum absolute atomic E-state index is 0.115. The van der Waals surface area contributed by atoms with Crippen LogP contribution in [0.25, 0.3) is 67.5 Å². The molecule has 0 N–H and O–H groups in total. The van der Waals surface area contributed by atoms with E-state index in [1.165, 1.54) is 50.1 Å². The van der Waals surface area contributed by atoms with Crippen LogP contribution in [0.1, 0.15) is 36.1 Å². The van der Waals surface area contributed by atoms with Crippen LogP contribution in [0.2, 0.25) is 0 Å². The zero-order valence-electron chi connectivity index (χ0n) is 27.1. The van der Waals surface area contributed by atoms with E-state index in [0.29, 0.717) is 17.5 Å². The highest BCUT2D eigenvalue weighted by atomic mass is 15.0. The van der Waals surface area contributed by atoms with E-state index in [9.17, 15) is 0 Å². The lowest BCUT2D eigenvalue weighted by molar-refractivity contribution is 0.660. The van der Waals surface area contributed by atoms with Crippen molar-refractivity contribution in [2.24, 2.45) is 0 Å². The predicted octanol–water partition coefficient (Wildman–Crippen LogP) is 11.1. The van der Waals surface area contributed by atoms with E-state index in [4.69, 9.17) is 15.0 Å². The number of aryl methyl sites for hydroxylation is 2. The van der Waals surface area contributed by atoms with Crippen molar-refractivity contribution in [3.63, 3.8) is 0 Å². The van der Waals surface area contributed by atoms with E-state index >= 15 is 0 Å². The van der Waals surface area contributed by atoms with E-state index in [2.05, 4.69) is 161 Å². The van der Waals surface area contributed by atoms with Gasteiger partial charge in [0, 0.05) is 22.1 Å². The second-order valence-corrected chi connectivity index (χ2v) is 13.0. The summed E-state index contributed by atoms with van der Waals surface area (Å²) in [4.78, 5) is 15.3. The highest BCUT2D eigenvalue weighted by Gasteiger charge is 2.35. The summed E-state index contributed by atoms with van der Waals surface area (Å²) in [6, 6.07) is 49.4. The minimum Gasteiger partial charge on any atom is -0.208 e. The summed E-state index contributed by atoms with van der Waals surface area (Å²) in [6.45, 7) is 8.93. The third-order valence-corrected chi connectivity index (χ3v) is 9.65. The van der Waals surface area contributed by atoms with Gasteiger partial charge in [-0.2, -0.15) is 0 Å². The Hall–Kier alpha value is -5.67. The van der Waals surface area contributed by atoms with Crippen molar-refractivity contribution in [3.05, 3.63) is 162 Å². The number of hydrogen-bond acceptors (Lipinski definition) is 3. The molecule has 1 aromatic heterocycles. The third-order valence-electron chi connectivity index (χ3n) is 9.65. The van der Waals surface area contributed by atoms with Gasteiger partial charge >= 0.3 is 0 Å². The van der Waals surface area contributed by atoms with Crippen molar-refractivity contribution in [1.82, 2.24) is 15.0 Å². The van der Waals surface area contributed by atoms with Crippen LogP contribution >= 0.6 is 0 Å². The topological polar surface area (TPSA) is 38.7 Å². The molecule has 8 rings (SSSR count). The third kappa shape index (κ3) is 5.05. The maximum atomic E-state index is 5.13. The van der Waals surface area contributed by atoms with Gasteiger partial charge in [0.15, 0.2) is 17.5 Å². The summed E-state index contributed by atoms with van der Waals surface area (Å²) in [7, 11) is 0. The lowest BCUT2D eigenvalue weighted by Gasteiger charge is -2.21. The van der Waals surface area contributed by atoms with Gasteiger partial charge in [0.25, 0.3) is 0 Å². The van der Waals surface area contributed by atoms with E-state index in [1.54, 1.807) is 0 Å². The smallest absolute Gasteiger partial charge is 0.164 e. The van der Waals surface area contributed by atoms with Gasteiger partial charge in [-0.15, -0.1) is 0 Å². The van der Waals surface area contributed by atoms with E-state index in [1.807, 2.05) is 6.07 Å². The summed E-state index contributed by atoms with van der Waals surface area (Å²) in [6.07, 6.45) is 0. The molecule has 0 spiro atoms. The van der Waals surface area contributed by atoms with Gasteiger partial charge in [0.1, 0.15) is 0 Å². The zero-order valence-corrected chi connectivity index (χ0v) is 27.1. The van der Waals surface area contributed by atoms with E-state index in [0.717, 1.165) is 22.3 Å². The fourth-order valence-electron chi connectivity index (χ4n) is 7.03. The number of hydrogen-bond donors (Lipinski definition) is 0. The van der Waals surface area contributed by atoms with Crippen molar-refractivity contribution in [1.29, 1.82) is 0 Å². The van der Waals surface area contributed by atoms with Crippen LogP contribution in [0.15, 0.2) is 140 Å². The second-order valence-electron chi connectivity index (χ2n) is 13.0. The first kappa shape index (κ1) is 28.8. The first-order valence-electron chi connectivity index (χ1n) is 16.2. The van der Waals surface area contributed by atoms with Crippen LogP contribution < -0.4 is 0 Å². The summed E-state index contributed by atoms with van der Waals surface area (Å²) < 4.78 is 0. The SMILES string of the molecule is Cc1ccccc1-c1ccc(-c2nc(-c3ccc(-c4ccccc4)cc3)nc(-c3ccc4c(c3)C(C)(C)c3ccccc3-4)n2)cc1C. The van der Waals surface area contributed by atoms with Gasteiger partial charge in [-0.05, 0) is 81.6 Å². The van der Waals surface area contributed by atoms with Gasteiger partial charge in [0.05, 0.1) is 0 Å². The standard InChI is InChI=1S/C44H35N3/c1-28-12-8-9-15-35(28)36-24-22-33(26-29(36)2)42-45-41(32-20-18-31(19-21-32)30-13-6-5-7-14-30)46-43(47-42)34-23-25-38-37-16-10-11-17-39(37)44(3,4)40(38)27-34/h5-27H,1-4H3. The molecule has 226 valence electrons. The largest absolute Gasteiger partial charge is 0.208 e.